The molecule has 1 fully saturated rings. The second-order valence-electron chi connectivity index (χ2n) is 4.94. The number of hydrogen-bond acceptors (Lipinski definition) is 4. The third-order valence-electron chi connectivity index (χ3n) is 3.37. The summed E-state index contributed by atoms with van der Waals surface area (Å²) in [5, 5.41) is 2.57. The number of rotatable bonds is 2. The van der Waals surface area contributed by atoms with E-state index in [4.69, 9.17) is 4.74 Å². The van der Waals surface area contributed by atoms with Crippen molar-refractivity contribution in [3.63, 3.8) is 0 Å². The molecule has 0 radical (unpaired) electrons. The van der Waals surface area contributed by atoms with Crippen molar-refractivity contribution >= 4 is 39.5 Å². The molecular weight excluding hydrogens is 366 g/mol. The van der Waals surface area contributed by atoms with E-state index in [1.54, 1.807) is 25.1 Å². The molecule has 1 aliphatic rings. The van der Waals surface area contributed by atoms with Gasteiger partial charge >= 0.3 is 17.9 Å². The van der Waals surface area contributed by atoms with Crippen LogP contribution in [0.1, 0.15) is 6.92 Å². The minimum absolute atomic E-state index is 0.309. The first-order valence-electron chi connectivity index (χ1n) is 7.28. The highest BCUT2D eigenvalue weighted by Gasteiger charge is 2.28. The number of hydrogen-bond donors (Lipinski definition) is 1. The van der Waals surface area contributed by atoms with Gasteiger partial charge in [-0.05, 0) is 25.1 Å². The first-order valence-corrected chi connectivity index (χ1v) is 8.08. The molecule has 3 amide bonds. The monoisotopic (exact) mass is 383 g/mol. The van der Waals surface area contributed by atoms with Crippen molar-refractivity contribution in [2.45, 2.75) is 6.92 Å². The summed E-state index contributed by atoms with van der Waals surface area (Å²) in [7, 11) is 0. The summed E-state index contributed by atoms with van der Waals surface area (Å²) < 4.78 is 5.73. The van der Waals surface area contributed by atoms with E-state index in [9.17, 15) is 14.4 Å². The highest BCUT2D eigenvalue weighted by atomic mass is 79.9. The van der Waals surface area contributed by atoms with Gasteiger partial charge in [-0.15, -0.1) is 0 Å². The maximum Gasteiger partial charge on any atom is 0.409 e. The summed E-state index contributed by atoms with van der Waals surface area (Å²) in [4.78, 5) is 38.7. The van der Waals surface area contributed by atoms with Crippen LogP contribution in [0.3, 0.4) is 0 Å². The standard InChI is InChI=1S/C15H18BrN3O4/c1-2-23-15(22)19-8-6-18(7-9-19)14(21)13(20)17-12-5-3-4-11(16)10-12/h3-5,10H,2,6-9H2,1H3,(H,17,20). The SMILES string of the molecule is CCOC(=O)N1CCN(C(=O)C(=O)Nc2cccc(Br)c2)CC1. The quantitative estimate of drug-likeness (QED) is 0.788. The molecule has 0 saturated carbocycles. The number of nitrogens with one attached hydrogen (secondary N) is 1. The van der Waals surface area contributed by atoms with Crippen LogP contribution in [0, 0.1) is 0 Å². The molecule has 0 bridgehead atoms. The molecule has 0 unspecified atom stereocenters. The number of carbonyl (C=O) groups excluding carboxylic acids is 3. The first-order chi connectivity index (χ1) is 11.0. The van der Waals surface area contributed by atoms with Gasteiger partial charge in [0.2, 0.25) is 0 Å². The summed E-state index contributed by atoms with van der Waals surface area (Å²) in [6, 6.07) is 7.01. The molecule has 1 heterocycles. The fourth-order valence-electron chi connectivity index (χ4n) is 2.20. The molecule has 0 aromatic heterocycles. The first kappa shape index (κ1) is 17.3. The van der Waals surface area contributed by atoms with Crippen molar-refractivity contribution < 1.29 is 19.1 Å². The zero-order chi connectivity index (χ0) is 16.8. The number of benzene rings is 1. The molecule has 1 aromatic carbocycles. The number of anilines is 1. The Morgan fingerprint density at radius 1 is 1.17 bits per heavy atom. The van der Waals surface area contributed by atoms with Crippen LogP contribution in [-0.4, -0.2) is 60.5 Å². The largest absolute Gasteiger partial charge is 0.450 e. The summed E-state index contributed by atoms with van der Waals surface area (Å²) >= 11 is 3.30. The lowest BCUT2D eigenvalue weighted by molar-refractivity contribution is -0.144. The Kier molecular flexibility index (Phi) is 5.97. The lowest BCUT2D eigenvalue weighted by Gasteiger charge is -2.33. The van der Waals surface area contributed by atoms with E-state index in [1.165, 1.54) is 9.80 Å². The molecule has 23 heavy (non-hydrogen) atoms. The van der Waals surface area contributed by atoms with Crippen molar-refractivity contribution in [3.05, 3.63) is 28.7 Å². The molecule has 7 nitrogen and oxygen atoms in total. The van der Waals surface area contributed by atoms with Crippen molar-refractivity contribution in [2.24, 2.45) is 0 Å². The number of piperazine rings is 1. The maximum atomic E-state index is 12.2. The van der Waals surface area contributed by atoms with E-state index in [0.29, 0.717) is 38.5 Å². The molecular formula is C15H18BrN3O4. The molecule has 0 spiro atoms. The van der Waals surface area contributed by atoms with Crippen LogP contribution < -0.4 is 5.32 Å². The van der Waals surface area contributed by atoms with Gasteiger partial charge in [0.1, 0.15) is 0 Å². The predicted molar refractivity (Wildman–Crippen MR) is 87.9 cm³/mol. The highest BCUT2D eigenvalue weighted by Crippen LogP contribution is 2.15. The smallest absolute Gasteiger partial charge is 0.409 e. The highest BCUT2D eigenvalue weighted by molar-refractivity contribution is 9.10. The number of amides is 3. The van der Waals surface area contributed by atoms with Crippen LogP contribution in [0.2, 0.25) is 0 Å². The minimum atomic E-state index is -0.687. The van der Waals surface area contributed by atoms with Crippen LogP contribution in [0.15, 0.2) is 28.7 Å². The fourth-order valence-corrected chi connectivity index (χ4v) is 2.60. The summed E-state index contributed by atoms with van der Waals surface area (Å²) in [5.74, 6) is -1.29. The molecule has 1 N–H and O–H groups in total. The minimum Gasteiger partial charge on any atom is -0.450 e. The van der Waals surface area contributed by atoms with Gasteiger partial charge in [0.25, 0.3) is 0 Å². The third-order valence-corrected chi connectivity index (χ3v) is 3.86. The summed E-state index contributed by atoms with van der Waals surface area (Å²) in [5.41, 5.74) is 0.544. The van der Waals surface area contributed by atoms with Crippen LogP contribution in [-0.2, 0) is 14.3 Å². The Balaban J connectivity index is 1.87. The molecule has 8 heteroatoms. The zero-order valence-corrected chi connectivity index (χ0v) is 14.3. The molecule has 1 aromatic rings. The lowest BCUT2D eigenvalue weighted by Crippen LogP contribution is -2.53. The Labute approximate surface area is 142 Å². The molecule has 0 aliphatic carbocycles. The number of carbonyl (C=O) groups is 3. The molecule has 2 rings (SSSR count). The maximum absolute atomic E-state index is 12.2. The van der Waals surface area contributed by atoms with Gasteiger partial charge in [-0.25, -0.2) is 4.79 Å². The Morgan fingerprint density at radius 3 is 2.43 bits per heavy atom. The van der Waals surface area contributed by atoms with Gasteiger partial charge in [-0.1, -0.05) is 22.0 Å². The average molecular weight is 384 g/mol. The molecule has 1 saturated heterocycles. The Hall–Kier alpha value is -2.09. The van der Waals surface area contributed by atoms with E-state index in [1.807, 2.05) is 6.07 Å². The number of halogens is 1. The third kappa shape index (κ3) is 4.69. The van der Waals surface area contributed by atoms with Crippen molar-refractivity contribution in [1.29, 1.82) is 0 Å². The summed E-state index contributed by atoms with van der Waals surface area (Å²) in [6.07, 6.45) is -0.391. The summed E-state index contributed by atoms with van der Waals surface area (Å²) in [6.45, 7) is 3.38. The Morgan fingerprint density at radius 2 is 1.83 bits per heavy atom. The van der Waals surface area contributed by atoms with Gasteiger partial charge < -0.3 is 19.9 Å². The van der Waals surface area contributed by atoms with Gasteiger partial charge in [0.15, 0.2) is 0 Å². The molecule has 124 valence electrons. The second kappa shape index (κ2) is 7.96. The van der Waals surface area contributed by atoms with Gasteiger partial charge in [-0.3, -0.25) is 9.59 Å². The topological polar surface area (TPSA) is 79.0 Å². The van der Waals surface area contributed by atoms with E-state index in [2.05, 4.69) is 21.2 Å². The molecule has 0 atom stereocenters. The van der Waals surface area contributed by atoms with Gasteiger partial charge in [-0.2, -0.15) is 0 Å². The van der Waals surface area contributed by atoms with E-state index in [-0.39, 0.29) is 0 Å². The van der Waals surface area contributed by atoms with Gasteiger partial charge in [0.05, 0.1) is 6.61 Å². The normalized spacial score (nSPS) is 14.3. The predicted octanol–water partition coefficient (Wildman–Crippen LogP) is 1.69. The van der Waals surface area contributed by atoms with E-state index < -0.39 is 17.9 Å². The average Bonchev–Trinajstić information content (AvgIpc) is 2.54. The second-order valence-corrected chi connectivity index (χ2v) is 5.86. The van der Waals surface area contributed by atoms with Crippen LogP contribution in [0.25, 0.3) is 0 Å². The number of nitrogens with zero attached hydrogens (tertiary/aromatic N) is 2. The van der Waals surface area contributed by atoms with E-state index >= 15 is 0 Å². The zero-order valence-electron chi connectivity index (χ0n) is 12.8. The van der Waals surface area contributed by atoms with Crippen molar-refractivity contribution in [1.82, 2.24) is 9.80 Å². The Bertz CT molecular complexity index is 600. The number of ether oxygens (including phenoxy) is 1. The van der Waals surface area contributed by atoms with Crippen LogP contribution in [0.5, 0.6) is 0 Å². The fraction of sp³-hybridized carbons (Fsp3) is 0.400. The van der Waals surface area contributed by atoms with Crippen LogP contribution in [0.4, 0.5) is 10.5 Å². The lowest BCUT2D eigenvalue weighted by atomic mass is 10.3. The van der Waals surface area contributed by atoms with Gasteiger partial charge in [0, 0.05) is 36.3 Å². The van der Waals surface area contributed by atoms with Crippen molar-refractivity contribution in [2.75, 3.05) is 38.1 Å². The van der Waals surface area contributed by atoms with E-state index in [0.717, 1.165) is 4.47 Å². The van der Waals surface area contributed by atoms with Crippen LogP contribution >= 0.6 is 15.9 Å². The molecule has 1 aliphatic heterocycles. The van der Waals surface area contributed by atoms with Crippen molar-refractivity contribution in [3.8, 4) is 0 Å².